The molecule has 0 aromatic carbocycles. The fraction of sp³-hybridized carbons (Fsp3) is 0.750. The second-order valence-corrected chi connectivity index (χ2v) is 10.0. The number of amides is 5. The number of hydrogen-bond acceptors (Lipinski definition) is 6. The summed E-state index contributed by atoms with van der Waals surface area (Å²) >= 11 is 0. The highest BCUT2D eigenvalue weighted by Crippen LogP contribution is 2.27. The largest absolute Gasteiger partial charge is 0.370 e. The molecule has 0 aliphatic heterocycles. The number of carbonyl (C=O) groups is 4. The second-order valence-electron chi connectivity index (χ2n) is 10.0. The lowest BCUT2D eigenvalue weighted by molar-refractivity contribution is -0.132. The monoisotopic (exact) mass is 524 g/mol. The molecule has 0 heterocycles. The third kappa shape index (κ3) is 14.7. The molecule has 1 fully saturated rings. The summed E-state index contributed by atoms with van der Waals surface area (Å²) < 4.78 is 0. The number of urea groups is 1. The van der Waals surface area contributed by atoms with E-state index in [1.54, 1.807) is 0 Å². The van der Waals surface area contributed by atoms with E-state index >= 15 is 0 Å². The molecule has 10 N–H and O–H groups in total. The maximum atomic E-state index is 13.4. The highest BCUT2D eigenvalue weighted by molar-refractivity contribution is 5.92. The molecule has 210 valence electrons. The van der Waals surface area contributed by atoms with Crippen LogP contribution in [0.15, 0.2) is 10.1 Å². The van der Waals surface area contributed by atoms with Crippen LogP contribution in [0.3, 0.4) is 0 Å². The Bertz CT molecular complexity index is 806. The minimum Gasteiger partial charge on any atom is -0.370 e. The Kier molecular flexibility index (Phi) is 14.7. The summed E-state index contributed by atoms with van der Waals surface area (Å²) in [6, 6.07) is -2.94. The van der Waals surface area contributed by atoms with Gasteiger partial charge in [-0.05, 0) is 37.5 Å². The third-order valence-electron chi connectivity index (χ3n) is 6.05. The number of rotatable bonds is 15. The molecule has 1 aliphatic rings. The molecule has 0 unspecified atom stereocenters. The van der Waals surface area contributed by atoms with Crippen LogP contribution in [0.4, 0.5) is 4.79 Å². The van der Waals surface area contributed by atoms with Crippen molar-refractivity contribution in [3.63, 3.8) is 0 Å². The van der Waals surface area contributed by atoms with Gasteiger partial charge in [-0.15, -0.1) is 0 Å². The molecule has 3 atom stereocenters. The van der Waals surface area contributed by atoms with E-state index < -0.39 is 30.1 Å². The molecule has 0 spiro atoms. The van der Waals surface area contributed by atoms with Gasteiger partial charge >= 0.3 is 6.03 Å². The van der Waals surface area contributed by atoms with E-state index in [0.717, 1.165) is 25.7 Å². The first-order chi connectivity index (χ1) is 17.5. The van der Waals surface area contributed by atoms with Crippen LogP contribution in [0, 0.1) is 11.8 Å². The number of carbonyl (C=O) groups excluding carboxylic acids is 4. The lowest BCUT2D eigenvalue weighted by Crippen LogP contribution is -2.55. The predicted molar refractivity (Wildman–Crippen MR) is 143 cm³/mol. The van der Waals surface area contributed by atoms with E-state index in [4.69, 9.17) is 17.2 Å². The number of nitrogens with zero attached hydrogens (tertiary/aromatic N) is 2. The van der Waals surface area contributed by atoms with Gasteiger partial charge in [-0.1, -0.05) is 46.0 Å². The number of hydrogen-bond donors (Lipinski definition) is 7. The number of hydrazone groups is 1. The summed E-state index contributed by atoms with van der Waals surface area (Å²) in [6.45, 7) is 5.63. The molecule has 0 bridgehead atoms. The van der Waals surface area contributed by atoms with Crippen LogP contribution in [-0.2, 0) is 14.4 Å². The van der Waals surface area contributed by atoms with Gasteiger partial charge in [0.15, 0.2) is 5.96 Å². The van der Waals surface area contributed by atoms with Crippen molar-refractivity contribution in [3.05, 3.63) is 0 Å². The lowest BCUT2D eigenvalue weighted by Gasteiger charge is -2.29. The quantitative estimate of drug-likeness (QED) is 0.0520. The molecule has 13 nitrogen and oxygen atoms in total. The molecule has 0 saturated heterocycles. The third-order valence-corrected chi connectivity index (χ3v) is 6.05. The number of nitrogens with one attached hydrogen (secondary N) is 4. The van der Waals surface area contributed by atoms with Gasteiger partial charge in [0, 0.05) is 19.7 Å². The van der Waals surface area contributed by atoms with Gasteiger partial charge in [0.05, 0.1) is 6.04 Å². The predicted octanol–water partition coefficient (Wildman–Crippen LogP) is 0.185. The molecule has 1 saturated carbocycles. The highest BCUT2D eigenvalue weighted by Gasteiger charge is 2.30. The molecular weight excluding hydrogens is 479 g/mol. The first-order valence-corrected chi connectivity index (χ1v) is 13.0. The molecule has 0 aromatic heterocycles. The standard InChI is InChI=1S/C24H45N9O4/c1-15(2)12-19(30-16(3)34)22(36)32-20(13-17-8-5-4-6-9-17)21(35)31-18(14-29-33-24(27)37)10-7-11-28-23(25)26/h14-15,17-20H,4-13H2,1-3H3,(H,30,34)(H,31,35)(H,32,36)(H4,25,26,28)(H3,27,33,37)/b29-14+/t18-,19-,20-/m0/s1/i14+1. The topological polar surface area (TPSA) is 219 Å². The Morgan fingerprint density at radius 1 is 0.946 bits per heavy atom. The zero-order chi connectivity index (χ0) is 27.8. The van der Waals surface area contributed by atoms with Gasteiger partial charge in [-0.3, -0.25) is 19.4 Å². The Morgan fingerprint density at radius 3 is 2.16 bits per heavy atom. The highest BCUT2D eigenvalue weighted by atomic mass is 16.2. The zero-order valence-electron chi connectivity index (χ0n) is 22.3. The Balaban J connectivity index is 3.02. The number of aliphatic imine (C=N–C) groups is 1. The van der Waals surface area contributed by atoms with Crippen molar-refractivity contribution in [2.75, 3.05) is 6.54 Å². The van der Waals surface area contributed by atoms with E-state index in [-0.39, 0.29) is 23.7 Å². The van der Waals surface area contributed by atoms with E-state index in [9.17, 15) is 19.2 Å². The molecule has 1 rings (SSSR count). The van der Waals surface area contributed by atoms with Gasteiger partial charge in [-0.25, -0.2) is 10.2 Å². The van der Waals surface area contributed by atoms with E-state index in [0.29, 0.717) is 38.1 Å². The van der Waals surface area contributed by atoms with E-state index in [1.165, 1.54) is 19.6 Å². The molecule has 13 heteroatoms. The first kappa shape index (κ1) is 31.6. The van der Waals surface area contributed by atoms with Gasteiger partial charge in [-0.2, -0.15) is 5.10 Å². The minimum absolute atomic E-state index is 0.0324. The summed E-state index contributed by atoms with van der Waals surface area (Å²) in [6.07, 6.45) is 8.60. The van der Waals surface area contributed by atoms with Crippen molar-refractivity contribution in [3.8, 4) is 0 Å². The summed E-state index contributed by atoms with van der Waals surface area (Å²) in [5.41, 5.74) is 17.9. The fourth-order valence-electron chi connectivity index (χ4n) is 4.39. The van der Waals surface area contributed by atoms with Gasteiger partial charge in [0.1, 0.15) is 12.1 Å². The van der Waals surface area contributed by atoms with Crippen LogP contribution >= 0.6 is 0 Å². The molecular formula is C24H45N9O4. The summed E-state index contributed by atoms with van der Waals surface area (Å²) in [5, 5.41) is 12.3. The van der Waals surface area contributed by atoms with Crippen LogP contribution < -0.4 is 38.6 Å². The Morgan fingerprint density at radius 2 is 1.59 bits per heavy atom. The van der Waals surface area contributed by atoms with Crippen LogP contribution in [0.5, 0.6) is 0 Å². The van der Waals surface area contributed by atoms with Crippen molar-refractivity contribution < 1.29 is 19.2 Å². The number of primary amides is 1. The van der Waals surface area contributed by atoms with E-state index in [1.807, 2.05) is 13.8 Å². The van der Waals surface area contributed by atoms with Crippen molar-refractivity contribution in [1.29, 1.82) is 0 Å². The van der Waals surface area contributed by atoms with Crippen molar-refractivity contribution in [2.45, 2.75) is 96.7 Å². The van der Waals surface area contributed by atoms with Crippen LogP contribution in [0.25, 0.3) is 0 Å². The molecule has 37 heavy (non-hydrogen) atoms. The maximum Gasteiger partial charge on any atom is 0.332 e. The smallest absolute Gasteiger partial charge is 0.332 e. The molecule has 1 aliphatic carbocycles. The lowest BCUT2D eigenvalue weighted by atomic mass is 9.84. The van der Waals surface area contributed by atoms with Crippen molar-refractivity contribution in [2.24, 2.45) is 39.1 Å². The fourth-order valence-corrected chi connectivity index (χ4v) is 4.39. The molecule has 0 radical (unpaired) electrons. The summed E-state index contributed by atoms with van der Waals surface area (Å²) in [4.78, 5) is 53.2. The van der Waals surface area contributed by atoms with E-state index in [2.05, 4.69) is 31.5 Å². The second kappa shape index (κ2) is 17.1. The van der Waals surface area contributed by atoms with Gasteiger partial charge < -0.3 is 33.2 Å². The summed E-state index contributed by atoms with van der Waals surface area (Å²) in [5.74, 6) is -0.643. The van der Waals surface area contributed by atoms with Crippen LogP contribution in [0.1, 0.15) is 78.6 Å². The van der Waals surface area contributed by atoms with Crippen LogP contribution in [0.2, 0.25) is 0 Å². The molecule has 0 aromatic rings. The number of nitrogens with two attached hydrogens (primary N) is 3. The van der Waals surface area contributed by atoms with Crippen molar-refractivity contribution >= 4 is 35.9 Å². The summed E-state index contributed by atoms with van der Waals surface area (Å²) in [7, 11) is 0. The average molecular weight is 525 g/mol. The van der Waals surface area contributed by atoms with Crippen LogP contribution in [-0.4, -0.2) is 60.6 Å². The zero-order valence-corrected chi connectivity index (χ0v) is 22.3. The average Bonchev–Trinajstić information content (AvgIpc) is 2.80. The number of guanidine groups is 1. The normalized spacial score (nSPS) is 16.4. The Labute approximate surface area is 219 Å². The SMILES string of the molecule is CC(=O)N[C@@H](CC(C)C)C(=O)N[C@@H](CC1CCCCC1)C(=O)N[C@@H](CCCN=C(N)N)/[13CH]=N/NC(N)=O. The molecule has 5 amide bonds. The maximum absolute atomic E-state index is 13.4. The van der Waals surface area contributed by atoms with Crippen molar-refractivity contribution in [1.82, 2.24) is 21.4 Å². The first-order valence-electron chi connectivity index (χ1n) is 13.0. The minimum atomic E-state index is -0.835. The van der Waals surface area contributed by atoms with Gasteiger partial charge in [0.2, 0.25) is 17.7 Å². The van der Waals surface area contributed by atoms with Gasteiger partial charge in [0.25, 0.3) is 0 Å². The Hall–Kier alpha value is -3.38.